The van der Waals surface area contributed by atoms with Crippen molar-refractivity contribution >= 4 is 21.6 Å². The third kappa shape index (κ3) is 3.33. The van der Waals surface area contributed by atoms with Gasteiger partial charge in [-0.25, -0.2) is 13.4 Å². The van der Waals surface area contributed by atoms with Gasteiger partial charge in [-0.2, -0.15) is 4.31 Å². The average Bonchev–Trinajstić information content (AvgIpc) is 2.52. The van der Waals surface area contributed by atoms with Gasteiger partial charge < -0.3 is 9.47 Å². The Morgan fingerprint density at radius 1 is 1.25 bits per heavy atom. The number of aromatic nitrogens is 1. The van der Waals surface area contributed by atoms with E-state index in [2.05, 4.69) is 4.98 Å². The van der Waals surface area contributed by atoms with Crippen LogP contribution in [0, 0.1) is 6.92 Å². The molecule has 0 atom stereocenters. The number of aryl methyl sites for hydroxylation is 1. The molecule has 3 rings (SSSR count). The zero-order valence-electron chi connectivity index (χ0n) is 13.3. The quantitative estimate of drug-likeness (QED) is 0.811. The van der Waals surface area contributed by atoms with Gasteiger partial charge in [-0.3, -0.25) is 0 Å². The number of methoxy groups -OCH3 is 1. The summed E-state index contributed by atoms with van der Waals surface area (Å²) in [6.07, 6.45) is 1.26. The van der Waals surface area contributed by atoms with Crippen LogP contribution in [0.4, 0.5) is 0 Å². The first-order chi connectivity index (χ1) is 11.4. The fraction of sp³-hybridized carbons (Fsp3) is 0.312. The molecule has 0 saturated carbocycles. The largest absolute Gasteiger partial charge is 0.495 e. The number of hydrogen-bond donors (Lipinski definition) is 0. The Hall–Kier alpha value is -1.83. The number of hydrogen-bond acceptors (Lipinski definition) is 5. The van der Waals surface area contributed by atoms with Gasteiger partial charge in [-0.05, 0) is 30.7 Å². The van der Waals surface area contributed by atoms with Gasteiger partial charge in [-0.15, -0.1) is 0 Å². The molecule has 1 fully saturated rings. The van der Waals surface area contributed by atoms with E-state index in [0.717, 1.165) is 5.56 Å². The summed E-state index contributed by atoms with van der Waals surface area (Å²) >= 11 is 5.77. The van der Waals surface area contributed by atoms with Crippen molar-refractivity contribution in [3.8, 4) is 11.6 Å². The molecule has 0 aliphatic carbocycles. The maximum atomic E-state index is 12.7. The summed E-state index contributed by atoms with van der Waals surface area (Å²) in [6, 6.07) is 8.42. The zero-order chi connectivity index (χ0) is 17.3. The first-order valence-corrected chi connectivity index (χ1v) is 9.15. The van der Waals surface area contributed by atoms with Gasteiger partial charge in [0.25, 0.3) is 0 Å². The Bertz CT molecular complexity index is 834. The van der Waals surface area contributed by atoms with E-state index >= 15 is 0 Å². The average molecular weight is 369 g/mol. The molecule has 2 heterocycles. The van der Waals surface area contributed by atoms with Crippen LogP contribution >= 0.6 is 11.6 Å². The number of benzene rings is 1. The molecular weight excluding hydrogens is 352 g/mol. The highest BCUT2D eigenvalue weighted by Gasteiger charge is 2.39. The summed E-state index contributed by atoms with van der Waals surface area (Å²) in [7, 11) is -2.16. The lowest BCUT2D eigenvalue weighted by molar-refractivity contribution is 0.0720. The second kappa shape index (κ2) is 6.58. The normalized spacial score (nSPS) is 15.8. The van der Waals surface area contributed by atoms with Crippen molar-refractivity contribution < 1.29 is 17.9 Å². The van der Waals surface area contributed by atoms with Crippen LogP contribution in [0.1, 0.15) is 5.56 Å². The van der Waals surface area contributed by atoms with E-state index in [1.165, 1.54) is 17.6 Å². The van der Waals surface area contributed by atoms with E-state index < -0.39 is 10.0 Å². The molecule has 2 aromatic rings. The van der Waals surface area contributed by atoms with E-state index in [9.17, 15) is 8.42 Å². The van der Waals surface area contributed by atoms with Gasteiger partial charge >= 0.3 is 0 Å². The van der Waals surface area contributed by atoms with Crippen LogP contribution in [0.2, 0.25) is 5.02 Å². The molecule has 0 N–H and O–H groups in total. The van der Waals surface area contributed by atoms with Gasteiger partial charge in [0.15, 0.2) is 0 Å². The number of sulfonamides is 1. The molecule has 1 aromatic carbocycles. The number of pyridine rings is 1. The Kier molecular flexibility index (Phi) is 4.67. The Labute approximate surface area is 146 Å². The molecule has 0 unspecified atom stereocenters. The monoisotopic (exact) mass is 368 g/mol. The van der Waals surface area contributed by atoms with Gasteiger partial charge in [0.2, 0.25) is 15.9 Å². The number of ether oxygens (including phenoxy) is 2. The van der Waals surface area contributed by atoms with Crippen molar-refractivity contribution in [2.24, 2.45) is 0 Å². The molecule has 1 aliphatic rings. The summed E-state index contributed by atoms with van der Waals surface area (Å²) in [5.41, 5.74) is 0.855. The molecule has 1 aromatic heterocycles. The van der Waals surface area contributed by atoms with Gasteiger partial charge in [-0.1, -0.05) is 17.7 Å². The molecule has 24 heavy (non-hydrogen) atoms. The fourth-order valence-corrected chi connectivity index (χ4v) is 4.25. The highest BCUT2D eigenvalue weighted by molar-refractivity contribution is 7.89. The van der Waals surface area contributed by atoms with Crippen LogP contribution in [0.25, 0.3) is 0 Å². The summed E-state index contributed by atoms with van der Waals surface area (Å²) in [4.78, 5) is 4.22. The van der Waals surface area contributed by atoms with E-state index in [4.69, 9.17) is 21.1 Å². The lowest BCUT2D eigenvalue weighted by Crippen LogP contribution is -2.56. The summed E-state index contributed by atoms with van der Waals surface area (Å²) in [5.74, 6) is 0.763. The summed E-state index contributed by atoms with van der Waals surface area (Å²) in [6.45, 7) is 2.38. The molecular formula is C16H17ClN2O4S. The van der Waals surface area contributed by atoms with Gasteiger partial charge in [0, 0.05) is 12.3 Å². The lowest BCUT2D eigenvalue weighted by atomic mass is 10.2. The minimum Gasteiger partial charge on any atom is -0.495 e. The van der Waals surface area contributed by atoms with Crippen LogP contribution in [0.15, 0.2) is 41.4 Å². The predicted molar refractivity (Wildman–Crippen MR) is 90.2 cm³/mol. The molecule has 1 saturated heterocycles. The van der Waals surface area contributed by atoms with Crippen molar-refractivity contribution in [2.75, 3.05) is 20.2 Å². The van der Waals surface area contributed by atoms with Crippen molar-refractivity contribution in [2.45, 2.75) is 17.9 Å². The molecule has 0 bridgehead atoms. The first kappa shape index (κ1) is 17.0. The molecule has 0 radical (unpaired) electrons. The highest BCUT2D eigenvalue weighted by atomic mass is 35.5. The maximum Gasteiger partial charge on any atom is 0.247 e. The number of rotatable bonds is 5. The maximum absolute atomic E-state index is 12.7. The van der Waals surface area contributed by atoms with Gasteiger partial charge in [0.05, 0.1) is 25.2 Å². The van der Waals surface area contributed by atoms with Crippen LogP contribution in [-0.2, 0) is 10.0 Å². The van der Waals surface area contributed by atoms with Crippen molar-refractivity contribution in [1.29, 1.82) is 0 Å². The van der Waals surface area contributed by atoms with Gasteiger partial charge in [0.1, 0.15) is 16.7 Å². The minimum atomic E-state index is -3.61. The van der Waals surface area contributed by atoms with E-state index in [0.29, 0.717) is 16.7 Å². The third-order valence-electron chi connectivity index (χ3n) is 3.74. The van der Waals surface area contributed by atoms with E-state index in [-0.39, 0.29) is 24.1 Å². The van der Waals surface area contributed by atoms with Crippen LogP contribution in [0.3, 0.4) is 0 Å². The topological polar surface area (TPSA) is 68.7 Å². The number of halogens is 1. The highest BCUT2D eigenvalue weighted by Crippen LogP contribution is 2.31. The molecule has 6 nitrogen and oxygen atoms in total. The Morgan fingerprint density at radius 2 is 2.00 bits per heavy atom. The van der Waals surface area contributed by atoms with Crippen molar-refractivity contribution in [3.05, 3.63) is 47.1 Å². The number of nitrogens with zero attached hydrogens (tertiary/aromatic N) is 2. The zero-order valence-corrected chi connectivity index (χ0v) is 14.8. The Balaban J connectivity index is 1.70. The van der Waals surface area contributed by atoms with E-state index in [1.807, 2.05) is 13.0 Å². The molecule has 8 heteroatoms. The molecule has 128 valence electrons. The lowest BCUT2D eigenvalue weighted by Gasteiger charge is -2.37. The molecule has 1 aliphatic heterocycles. The second-order valence-electron chi connectivity index (χ2n) is 5.53. The fourth-order valence-electron chi connectivity index (χ4n) is 2.40. The minimum absolute atomic E-state index is 0.174. The van der Waals surface area contributed by atoms with Crippen LogP contribution in [-0.4, -0.2) is 44.0 Å². The molecule has 0 spiro atoms. The predicted octanol–water partition coefficient (Wildman–Crippen LogP) is 2.50. The SMILES string of the molecule is COc1ccc(C)cc1S(=O)(=O)N1CC(Oc2ccc(Cl)cn2)C1. The van der Waals surface area contributed by atoms with Crippen LogP contribution < -0.4 is 9.47 Å². The molecule has 0 amide bonds. The third-order valence-corrected chi connectivity index (χ3v) is 5.82. The first-order valence-electron chi connectivity index (χ1n) is 7.33. The second-order valence-corrected chi connectivity index (χ2v) is 7.87. The van der Waals surface area contributed by atoms with Crippen LogP contribution in [0.5, 0.6) is 11.6 Å². The Morgan fingerprint density at radius 3 is 2.62 bits per heavy atom. The van der Waals surface area contributed by atoms with Crippen molar-refractivity contribution in [1.82, 2.24) is 9.29 Å². The summed E-state index contributed by atoms with van der Waals surface area (Å²) in [5, 5.41) is 0.520. The standard InChI is InChI=1S/C16H17ClN2O4S/c1-11-3-5-14(22-2)15(7-11)24(20,21)19-9-13(10-19)23-16-6-4-12(17)8-18-16/h3-8,13H,9-10H2,1-2H3. The summed E-state index contributed by atoms with van der Waals surface area (Å²) < 4.78 is 37.7. The smallest absolute Gasteiger partial charge is 0.247 e. The van der Waals surface area contributed by atoms with Crippen molar-refractivity contribution in [3.63, 3.8) is 0 Å². The van der Waals surface area contributed by atoms with E-state index in [1.54, 1.807) is 24.3 Å².